The summed E-state index contributed by atoms with van der Waals surface area (Å²) in [6.07, 6.45) is 3.01. The first-order chi connectivity index (χ1) is 14.3. The Morgan fingerprint density at radius 1 is 0.793 bits per heavy atom. The number of rotatable bonds is 10. The molecule has 5 heteroatoms. The van der Waals surface area contributed by atoms with Crippen molar-refractivity contribution < 1.29 is 9.47 Å². The molecule has 0 fully saturated rings. The monoisotopic (exact) mass is 423 g/mol. The number of hydrogen-bond acceptors (Lipinski definition) is 5. The highest BCUT2D eigenvalue weighted by Crippen LogP contribution is 2.38. The van der Waals surface area contributed by atoms with Crippen LogP contribution in [0.15, 0.2) is 99.1 Å². The van der Waals surface area contributed by atoms with Crippen LogP contribution in [0.3, 0.4) is 0 Å². The second-order valence-electron chi connectivity index (χ2n) is 6.19. The maximum absolute atomic E-state index is 5.39. The molecule has 3 nitrogen and oxygen atoms in total. The van der Waals surface area contributed by atoms with Gasteiger partial charge < -0.3 is 14.8 Å². The molecule has 0 saturated carbocycles. The smallest absolute Gasteiger partial charge is 0.160 e. The van der Waals surface area contributed by atoms with Gasteiger partial charge in [-0.05, 0) is 48.4 Å². The number of methoxy groups -OCH3 is 2. The van der Waals surface area contributed by atoms with Gasteiger partial charge in [0.2, 0.25) is 0 Å². The molecule has 0 bridgehead atoms. The quantitative estimate of drug-likeness (QED) is 0.309. The summed E-state index contributed by atoms with van der Waals surface area (Å²) in [5.41, 5.74) is 1.21. The molecule has 29 heavy (non-hydrogen) atoms. The van der Waals surface area contributed by atoms with Crippen LogP contribution in [0.2, 0.25) is 0 Å². The van der Waals surface area contributed by atoms with Crippen LogP contribution in [-0.4, -0.2) is 20.8 Å². The van der Waals surface area contributed by atoms with E-state index in [0.29, 0.717) is 0 Å². The lowest BCUT2D eigenvalue weighted by atomic mass is 10.1. The normalized spacial score (nSPS) is 10.3. The van der Waals surface area contributed by atoms with Crippen LogP contribution in [-0.2, 0) is 6.42 Å². The van der Waals surface area contributed by atoms with E-state index in [0.717, 1.165) is 24.5 Å². The first-order valence-electron chi connectivity index (χ1n) is 9.39. The molecule has 0 unspecified atom stereocenters. The molecule has 0 atom stereocenters. The van der Waals surface area contributed by atoms with E-state index < -0.39 is 0 Å². The maximum Gasteiger partial charge on any atom is 0.160 e. The second kappa shape index (κ2) is 11.5. The third-order valence-electron chi connectivity index (χ3n) is 4.15. The molecule has 0 aliphatic rings. The van der Waals surface area contributed by atoms with Gasteiger partial charge in [0.15, 0.2) is 11.5 Å². The highest BCUT2D eigenvalue weighted by Gasteiger charge is 2.06. The molecule has 150 valence electrons. The Hall–Kier alpha value is -2.50. The lowest BCUT2D eigenvalue weighted by Crippen LogP contribution is -2.10. The Balaban J connectivity index is 1.63. The first kappa shape index (κ1) is 21.2. The van der Waals surface area contributed by atoms with Crippen LogP contribution in [0.4, 0.5) is 0 Å². The van der Waals surface area contributed by atoms with E-state index in [-0.39, 0.29) is 0 Å². The number of hydrogen-bond donors (Lipinski definition) is 1. The van der Waals surface area contributed by atoms with Gasteiger partial charge in [-0.2, -0.15) is 0 Å². The fraction of sp³-hybridized carbons (Fsp3) is 0.167. The molecule has 0 saturated heterocycles. The van der Waals surface area contributed by atoms with Gasteiger partial charge in [0.1, 0.15) is 0 Å². The summed E-state index contributed by atoms with van der Waals surface area (Å²) in [4.78, 5) is 2.45. The molecule has 3 aromatic carbocycles. The SMILES string of the molecule is COc1ccc(CCNC=C(Sc2ccccc2)Sc2ccccc2)cc1OC. The predicted octanol–water partition coefficient (Wildman–Crippen LogP) is 6.22. The van der Waals surface area contributed by atoms with E-state index >= 15 is 0 Å². The van der Waals surface area contributed by atoms with Crippen molar-refractivity contribution in [1.29, 1.82) is 0 Å². The summed E-state index contributed by atoms with van der Waals surface area (Å²) in [6.45, 7) is 0.837. The van der Waals surface area contributed by atoms with Gasteiger partial charge in [-0.15, -0.1) is 0 Å². The molecular formula is C24H25NO2S2. The van der Waals surface area contributed by atoms with Gasteiger partial charge in [0.05, 0.1) is 18.5 Å². The summed E-state index contributed by atoms with van der Waals surface area (Å²) >= 11 is 3.53. The highest BCUT2D eigenvalue weighted by molar-refractivity contribution is 8.22. The van der Waals surface area contributed by atoms with Gasteiger partial charge in [-0.1, -0.05) is 66.0 Å². The minimum absolute atomic E-state index is 0.755. The summed E-state index contributed by atoms with van der Waals surface area (Å²) in [5.74, 6) is 1.52. The first-order valence-corrected chi connectivity index (χ1v) is 11.0. The molecule has 0 spiro atoms. The lowest BCUT2D eigenvalue weighted by molar-refractivity contribution is 0.354. The summed E-state index contributed by atoms with van der Waals surface area (Å²) in [5, 5.41) is 3.46. The number of benzene rings is 3. The van der Waals surface area contributed by atoms with Crippen molar-refractivity contribution in [2.75, 3.05) is 20.8 Å². The molecule has 0 heterocycles. The fourth-order valence-electron chi connectivity index (χ4n) is 2.70. The van der Waals surface area contributed by atoms with Gasteiger partial charge >= 0.3 is 0 Å². The summed E-state index contributed by atoms with van der Waals surface area (Å²) < 4.78 is 11.9. The Kier molecular flexibility index (Phi) is 8.40. The van der Waals surface area contributed by atoms with Crippen molar-refractivity contribution in [2.45, 2.75) is 16.2 Å². The number of ether oxygens (including phenoxy) is 2. The molecular weight excluding hydrogens is 398 g/mol. The predicted molar refractivity (Wildman–Crippen MR) is 124 cm³/mol. The van der Waals surface area contributed by atoms with E-state index in [2.05, 4.69) is 66.1 Å². The van der Waals surface area contributed by atoms with Crippen molar-refractivity contribution in [3.63, 3.8) is 0 Å². The Bertz CT molecular complexity index is 871. The molecule has 3 rings (SSSR count). The standard InChI is InChI=1S/C24H25NO2S2/c1-26-22-14-13-19(17-23(22)27-2)15-16-25-18-24(28-20-9-5-3-6-10-20)29-21-11-7-4-8-12-21/h3-14,17-18,25H,15-16H2,1-2H3. The zero-order valence-corrected chi connectivity index (χ0v) is 18.3. The van der Waals surface area contributed by atoms with Gasteiger partial charge in [0, 0.05) is 22.5 Å². The van der Waals surface area contributed by atoms with Crippen molar-refractivity contribution in [1.82, 2.24) is 5.32 Å². The molecule has 3 aromatic rings. The minimum atomic E-state index is 0.755. The topological polar surface area (TPSA) is 30.5 Å². The van der Waals surface area contributed by atoms with Crippen molar-refractivity contribution in [3.8, 4) is 11.5 Å². The van der Waals surface area contributed by atoms with Crippen molar-refractivity contribution in [3.05, 3.63) is 94.9 Å². The second-order valence-corrected chi connectivity index (χ2v) is 8.68. The average Bonchev–Trinajstić information content (AvgIpc) is 2.78. The lowest BCUT2D eigenvalue weighted by Gasteiger charge is -2.11. The van der Waals surface area contributed by atoms with E-state index in [1.54, 1.807) is 37.7 Å². The van der Waals surface area contributed by atoms with Gasteiger partial charge in [0.25, 0.3) is 0 Å². The Morgan fingerprint density at radius 3 is 1.93 bits per heavy atom. The van der Waals surface area contributed by atoms with Crippen LogP contribution in [0.25, 0.3) is 0 Å². The van der Waals surface area contributed by atoms with Crippen LogP contribution in [0.5, 0.6) is 11.5 Å². The minimum Gasteiger partial charge on any atom is -0.493 e. The number of thioether (sulfide) groups is 2. The molecule has 0 amide bonds. The van der Waals surface area contributed by atoms with E-state index in [1.165, 1.54) is 19.6 Å². The average molecular weight is 424 g/mol. The fourth-order valence-corrected chi connectivity index (χ4v) is 4.78. The summed E-state index contributed by atoms with van der Waals surface area (Å²) in [7, 11) is 3.32. The van der Waals surface area contributed by atoms with E-state index in [1.807, 2.05) is 24.3 Å². The molecule has 0 aromatic heterocycles. The highest BCUT2D eigenvalue weighted by atomic mass is 32.2. The van der Waals surface area contributed by atoms with Crippen LogP contribution in [0.1, 0.15) is 5.56 Å². The third kappa shape index (κ3) is 6.80. The zero-order chi connectivity index (χ0) is 20.3. The van der Waals surface area contributed by atoms with Crippen LogP contribution >= 0.6 is 23.5 Å². The largest absolute Gasteiger partial charge is 0.493 e. The van der Waals surface area contributed by atoms with Crippen LogP contribution in [0, 0.1) is 0 Å². The van der Waals surface area contributed by atoms with Gasteiger partial charge in [-0.3, -0.25) is 0 Å². The Morgan fingerprint density at radius 2 is 1.38 bits per heavy atom. The molecule has 0 radical (unpaired) electrons. The van der Waals surface area contributed by atoms with Crippen molar-refractivity contribution >= 4 is 23.5 Å². The molecule has 0 aliphatic heterocycles. The molecule has 0 aliphatic carbocycles. The summed E-state index contributed by atoms with van der Waals surface area (Å²) in [6, 6.07) is 26.9. The van der Waals surface area contributed by atoms with E-state index in [9.17, 15) is 0 Å². The molecule has 1 N–H and O–H groups in total. The van der Waals surface area contributed by atoms with E-state index in [4.69, 9.17) is 9.47 Å². The zero-order valence-electron chi connectivity index (χ0n) is 16.6. The van der Waals surface area contributed by atoms with Gasteiger partial charge in [-0.25, -0.2) is 0 Å². The maximum atomic E-state index is 5.39. The number of nitrogens with one attached hydrogen (secondary N) is 1. The van der Waals surface area contributed by atoms with Crippen molar-refractivity contribution in [2.24, 2.45) is 0 Å². The Labute approximate surface area is 181 Å². The van der Waals surface area contributed by atoms with Crippen LogP contribution < -0.4 is 14.8 Å². The third-order valence-corrected chi connectivity index (χ3v) is 6.30.